The molecule has 3 aromatic rings. The van der Waals surface area contributed by atoms with Crippen LogP contribution < -0.4 is 5.32 Å². The molecule has 0 fully saturated rings. The molecule has 0 spiro atoms. The smallest absolute Gasteiger partial charge is 0.268 e. The van der Waals surface area contributed by atoms with E-state index in [-0.39, 0.29) is 10.8 Å². The van der Waals surface area contributed by atoms with E-state index in [9.17, 15) is 13.2 Å². The minimum Gasteiger partial charge on any atom is -0.356 e. The third kappa shape index (κ3) is 2.96. The second kappa shape index (κ2) is 6.33. The number of benzene rings is 2. The number of nitrogens with zero attached hydrogens (tertiary/aromatic N) is 1. The van der Waals surface area contributed by atoms with Crippen LogP contribution >= 0.6 is 0 Å². The zero-order valence-electron chi connectivity index (χ0n) is 13.0. The lowest BCUT2D eigenvalue weighted by Crippen LogP contribution is -2.14. The molecule has 122 valence electrons. The molecule has 0 aliphatic rings. The number of hydrogen-bond donors (Lipinski definition) is 1. The van der Waals surface area contributed by atoms with Crippen LogP contribution in [0.3, 0.4) is 0 Å². The van der Waals surface area contributed by atoms with E-state index in [1.54, 1.807) is 54.7 Å². The fraction of sp³-hybridized carbons (Fsp3) is 0.0556. The van der Waals surface area contributed by atoms with Crippen LogP contribution in [0.1, 0.15) is 5.56 Å². The first kappa shape index (κ1) is 16.0. The van der Waals surface area contributed by atoms with Gasteiger partial charge in [-0.1, -0.05) is 30.3 Å². The van der Waals surface area contributed by atoms with Crippen molar-refractivity contribution in [2.24, 2.45) is 0 Å². The van der Waals surface area contributed by atoms with Crippen LogP contribution in [0.2, 0.25) is 0 Å². The Bertz CT molecular complexity index is 1030. The van der Waals surface area contributed by atoms with Crippen molar-refractivity contribution in [3.8, 4) is 0 Å². The Kier molecular flexibility index (Phi) is 4.22. The molecule has 24 heavy (non-hydrogen) atoms. The number of fused-ring (bicyclic) bond motifs is 1. The van der Waals surface area contributed by atoms with Gasteiger partial charge in [0.1, 0.15) is 0 Å². The molecule has 1 heterocycles. The van der Waals surface area contributed by atoms with E-state index in [4.69, 9.17) is 0 Å². The summed E-state index contributed by atoms with van der Waals surface area (Å²) in [4.78, 5) is 11.4. The molecule has 0 aliphatic heterocycles. The maximum atomic E-state index is 12.9. The maximum absolute atomic E-state index is 12.9. The van der Waals surface area contributed by atoms with Crippen LogP contribution in [-0.2, 0) is 14.8 Å². The first-order valence-electron chi connectivity index (χ1n) is 7.34. The molecule has 0 radical (unpaired) electrons. The molecule has 0 atom stereocenters. The van der Waals surface area contributed by atoms with Gasteiger partial charge in [0, 0.05) is 24.7 Å². The molecule has 6 heteroatoms. The SMILES string of the molecule is CNC(=O)/C=C/c1cccc(S(=O)(=O)n2ccc3ccccc32)c1. The first-order valence-corrected chi connectivity index (χ1v) is 8.78. The largest absolute Gasteiger partial charge is 0.356 e. The van der Waals surface area contributed by atoms with Crippen LogP contribution in [0.4, 0.5) is 0 Å². The molecule has 2 aromatic carbocycles. The van der Waals surface area contributed by atoms with Gasteiger partial charge in [-0.3, -0.25) is 4.79 Å². The van der Waals surface area contributed by atoms with Crippen LogP contribution in [0.25, 0.3) is 17.0 Å². The van der Waals surface area contributed by atoms with Gasteiger partial charge in [0.2, 0.25) is 5.91 Å². The monoisotopic (exact) mass is 340 g/mol. The number of aromatic nitrogens is 1. The molecule has 1 N–H and O–H groups in total. The summed E-state index contributed by atoms with van der Waals surface area (Å²) in [6, 6.07) is 15.5. The predicted octanol–water partition coefficient (Wildman–Crippen LogP) is 2.64. The molecule has 0 saturated heterocycles. The van der Waals surface area contributed by atoms with Crippen LogP contribution in [0.15, 0.2) is 71.8 Å². The van der Waals surface area contributed by atoms with Crippen molar-refractivity contribution in [2.75, 3.05) is 7.05 Å². The summed E-state index contributed by atoms with van der Waals surface area (Å²) in [6.07, 6.45) is 4.48. The fourth-order valence-electron chi connectivity index (χ4n) is 2.41. The number of hydrogen-bond acceptors (Lipinski definition) is 3. The van der Waals surface area contributed by atoms with Crippen LogP contribution in [-0.4, -0.2) is 25.3 Å². The molecule has 1 aromatic heterocycles. The highest BCUT2D eigenvalue weighted by Crippen LogP contribution is 2.22. The minimum absolute atomic E-state index is 0.169. The van der Waals surface area contributed by atoms with E-state index in [1.165, 1.54) is 17.1 Å². The zero-order chi connectivity index (χ0) is 17.2. The van der Waals surface area contributed by atoms with Gasteiger partial charge in [0.25, 0.3) is 10.0 Å². The number of likely N-dealkylation sites (N-methyl/N-ethyl adjacent to an activating group) is 1. The van der Waals surface area contributed by atoms with Gasteiger partial charge in [-0.25, -0.2) is 12.4 Å². The van der Waals surface area contributed by atoms with E-state index in [1.807, 2.05) is 12.1 Å². The number of carbonyl (C=O) groups excluding carboxylic acids is 1. The summed E-state index contributed by atoms with van der Waals surface area (Å²) in [5, 5.41) is 3.33. The molecular weight excluding hydrogens is 324 g/mol. The lowest BCUT2D eigenvalue weighted by molar-refractivity contribution is -0.115. The van der Waals surface area contributed by atoms with E-state index in [2.05, 4.69) is 5.32 Å². The first-order chi connectivity index (χ1) is 11.5. The van der Waals surface area contributed by atoms with E-state index in [0.717, 1.165) is 5.39 Å². The quantitative estimate of drug-likeness (QED) is 0.743. The number of para-hydroxylation sites is 1. The number of carbonyl (C=O) groups is 1. The highest BCUT2D eigenvalue weighted by atomic mass is 32.2. The van der Waals surface area contributed by atoms with Gasteiger partial charge in [-0.2, -0.15) is 0 Å². The Balaban J connectivity index is 2.04. The van der Waals surface area contributed by atoms with Gasteiger partial charge in [-0.15, -0.1) is 0 Å². The van der Waals surface area contributed by atoms with Crippen LogP contribution in [0, 0.1) is 0 Å². The average Bonchev–Trinajstić information content (AvgIpc) is 3.04. The third-order valence-electron chi connectivity index (χ3n) is 3.65. The van der Waals surface area contributed by atoms with E-state index >= 15 is 0 Å². The number of nitrogens with one attached hydrogen (secondary N) is 1. The molecule has 0 saturated carbocycles. The van der Waals surface area contributed by atoms with Crippen molar-refractivity contribution in [3.63, 3.8) is 0 Å². The number of amides is 1. The van der Waals surface area contributed by atoms with Gasteiger partial charge in [-0.05, 0) is 35.9 Å². The molecule has 3 rings (SSSR count). The summed E-state index contributed by atoms with van der Waals surface area (Å²) >= 11 is 0. The standard InChI is InChI=1S/C18H16N2O3S/c1-19-18(21)10-9-14-5-4-7-16(13-14)24(22,23)20-12-11-15-6-2-3-8-17(15)20/h2-13H,1H3,(H,19,21)/b10-9+. The molecule has 1 amide bonds. The topological polar surface area (TPSA) is 68.2 Å². The molecule has 0 aliphatic carbocycles. The Morgan fingerprint density at radius 2 is 1.88 bits per heavy atom. The van der Waals surface area contributed by atoms with E-state index in [0.29, 0.717) is 11.1 Å². The van der Waals surface area contributed by atoms with Gasteiger partial charge in [0.15, 0.2) is 0 Å². The highest BCUT2D eigenvalue weighted by Gasteiger charge is 2.18. The molecule has 0 bridgehead atoms. The maximum Gasteiger partial charge on any atom is 0.268 e. The Morgan fingerprint density at radius 1 is 1.08 bits per heavy atom. The fourth-order valence-corrected chi connectivity index (χ4v) is 3.82. The van der Waals surface area contributed by atoms with Crippen molar-refractivity contribution < 1.29 is 13.2 Å². The summed E-state index contributed by atoms with van der Waals surface area (Å²) in [6.45, 7) is 0. The molecular formula is C18H16N2O3S. The summed E-state index contributed by atoms with van der Waals surface area (Å²) in [5.74, 6) is -0.250. The number of rotatable bonds is 4. The lowest BCUT2D eigenvalue weighted by Gasteiger charge is -2.08. The summed E-state index contributed by atoms with van der Waals surface area (Å²) in [5.41, 5.74) is 1.26. The van der Waals surface area contributed by atoms with Crippen LogP contribution in [0.5, 0.6) is 0 Å². The predicted molar refractivity (Wildman–Crippen MR) is 94.1 cm³/mol. The van der Waals surface area contributed by atoms with Crippen molar-refractivity contribution >= 4 is 32.9 Å². The zero-order valence-corrected chi connectivity index (χ0v) is 13.8. The van der Waals surface area contributed by atoms with Gasteiger partial charge < -0.3 is 5.32 Å². The van der Waals surface area contributed by atoms with Gasteiger partial charge in [0.05, 0.1) is 10.4 Å². The van der Waals surface area contributed by atoms with Crippen molar-refractivity contribution in [2.45, 2.75) is 4.90 Å². The Morgan fingerprint density at radius 3 is 2.67 bits per heavy atom. The second-order valence-electron chi connectivity index (χ2n) is 5.20. The van der Waals surface area contributed by atoms with Crippen molar-refractivity contribution in [1.82, 2.24) is 9.29 Å². The van der Waals surface area contributed by atoms with Gasteiger partial charge >= 0.3 is 0 Å². The highest BCUT2D eigenvalue weighted by molar-refractivity contribution is 7.90. The third-order valence-corrected chi connectivity index (χ3v) is 5.34. The van der Waals surface area contributed by atoms with Crippen molar-refractivity contribution in [3.05, 3.63) is 72.4 Å². The normalized spacial score (nSPS) is 11.9. The average molecular weight is 340 g/mol. The lowest BCUT2D eigenvalue weighted by atomic mass is 10.2. The minimum atomic E-state index is -3.71. The molecule has 0 unspecified atom stereocenters. The summed E-state index contributed by atoms with van der Waals surface area (Å²) < 4.78 is 27.1. The molecule has 5 nitrogen and oxygen atoms in total. The summed E-state index contributed by atoms with van der Waals surface area (Å²) in [7, 11) is -2.17. The second-order valence-corrected chi connectivity index (χ2v) is 7.01. The van der Waals surface area contributed by atoms with E-state index < -0.39 is 10.0 Å². The Hall–Kier alpha value is -2.86. The van der Waals surface area contributed by atoms with Crippen molar-refractivity contribution in [1.29, 1.82) is 0 Å². The Labute approximate surface area is 140 Å².